The van der Waals surface area contributed by atoms with Crippen molar-refractivity contribution in [1.29, 1.82) is 0 Å². The van der Waals surface area contributed by atoms with Crippen LogP contribution in [0.2, 0.25) is 0 Å². The summed E-state index contributed by atoms with van der Waals surface area (Å²) in [7, 11) is 1.43. The molecule has 2 aliphatic heterocycles. The highest BCUT2D eigenvalue weighted by atomic mass is 16.5. The van der Waals surface area contributed by atoms with Crippen molar-refractivity contribution in [2.45, 2.75) is 26.0 Å². The van der Waals surface area contributed by atoms with Crippen molar-refractivity contribution in [3.8, 4) is 17.2 Å². The Labute approximate surface area is 245 Å². The first-order valence-electron chi connectivity index (χ1n) is 14.1. The molecule has 1 atom stereocenters. The molecule has 9 nitrogen and oxygen atoms in total. The normalized spacial score (nSPS) is 18.8. The van der Waals surface area contributed by atoms with E-state index >= 15 is 0 Å². The Kier molecular flexibility index (Phi) is 9.09. The minimum atomic E-state index is -0.849. The summed E-state index contributed by atoms with van der Waals surface area (Å²) in [5.74, 6) is -0.889. The fourth-order valence-corrected chi connectivity index (χ4v) is 5.46. The number of ketones is 1. The number of rotatable bonds is 10. The van der Waals surface area contributed by atoms with Crippen LogP contribution in [-0.2, 0) is 20.9 Å². The standard InChI is InChI=1S/C33H36N2O7/c1-22-19-25(10-12-27(22)42-21-23-7-4-3-5-8-23)31(37)29-30(24-9-11-26(36)28(20-24)40-2)35(33(39)32(29)38)14-6-13-34-15-17-41-18-16-34/h3-5,7-12,19-20,30,36-37H,6,13-18,21H2,1-2H3/t30-/m0/s1. The number of phenolic OH excluding ortho intramolecular Hbond substituents is 1. The molecule has 0 radical (unpaired) electrons. The summed E-state index contributed by atoms with van der Waals surface area (Å²) in [6, 6.07) is 18.8. The second-order valence-corrected chi connectivity index (χ2v) is 10.5. The maximum Gasteiger partial charge on any atom is 0.295 e. The fraction of sp³-hybridized carbons (Fsp3) is 0.333. The predicted octanol–water partition coefficient (Wildman–Crippen LogP) is 4.43. The summed E-state index contributed by atoms with van der Waals surface area (Å²) in [6.07, 6.45) is 0.644. The summed E-state index contributed by atoms with van der Waals surface area (Å²) in [4.78, 5) is 30.6. The number of carbonyl (C=O) groups is 2. The van der Waals surface area contributed by atoms with Gasteiger partial charge in [-0.05, 0) is 60.4 Å². The Balaban J connectivity index is 1.45. The number of Topliss-reactive ketones (excluding diaryl/α,β-unsaturated/α-hetero) is 1. The summed E-state index contributed by atoms with van der Waals surface area (Å²) in [5, 5.41) is 21.7. The number of nitrogens with zero attached hydrogens (tertiary/aromatic N) is 2. The first kappa shape index (κ1) is 29.2. The van der Waals surface area contributed by atoms with Crippen molar-refractivity contribution < 1.29 is 34.0 Å². The number of likely N-dealkylation sites (tertiary alicyclic amines) is 1. The highest BCUT2D eigenvalue weighted by Gasteiger charge is 2.46. The molecule has 2 saturated heterocycles. The second-order valence-electron chi connectivity index (χ2n) is 10.5. The van der Waals surface area contributed by atoms with Gasteiger partial charge in [-0.2, -0.15) is 0 Å². The molecule has 2 heterocycles. The van der Waals surface area contributed by atoms with E-state index in [-0.39, 0.29) is 22.8 Å². The van der Waals surface area contributed by atoms with Gasteiger partial charge >= 0.3 is 0 Å². The zero-order valence-electron chi connectivity index (χ0n) is 23.9. The Bertz CT molecular complexity index is 1460. The van der Waals surface area contributed by atoms with E-state index in [0.29, 0.717) is 49.7 Å². The summed E-state index contributed by atoms with van der Waals surface area (Å²) < 4.78 is 16.7. The number of benzene rings is 3. The number of aryl methyl sites for hydroxylation is 1. The van der Waals surface area contributed by atoms with Gasteiger partial charge in [0.1, 0.15) is 18.1 Å². The summed E-state index contributed by atoms with van der Waals surface area (Å²) >= 11 is 0. The lowest BCUT2D eigenvalue weighted by molar-refractivity contribution is -0.140. The van der Waals surface area contributed by atoms with Gasteiger partial charge in [0.05, 0.1) is 31.9 Å². The average Bonchev–Trinajstić information content (AvgIpc) is 3.26. The third kappa shape index (κ3) is 6.27. The number of carbonyl (C=O) groups excluding carboxylic acids is 2. The summed E-state index contributed by atoms with van der Waals surface area (Å²) in [6.45, 7) is 6.32. The van der Waals surface area contributed by atoms with Crippen LogP contribution in [0.4, 0.5) is 0 Å². The molecule has 3 aromatic carbocycles. The topological polar surface area (TPSA) is 109 Å². The second kappa shape index (κ2) is 13.1. The SMILES string of the molecule is COc1cc([C@H]2C(=C(O)c3ccc(OCc4ccccc4)c(C)c3)C(=O)C(=O)N2CCCN2CCOCC2)ccc1O. The number of aliphatic hydroxyl groups is 1. The van der Waals surface area contributed by atoms with E-state index in [1.54, 1.807) is 30.3 Å². The molecule has 3 aromatic rings. The average molecular weight is 573 g/mol. The molecule has 0 saturated carbocycles. The van der Waals surface area contributed by atoms with Crippen LogP contribution in [-0.4, -0.2) is 78.2 Å². The molecular weight excluding hydrogens is 536 g/mol. The van der Waals surface area contributed by atoms with Crippen molar-refractivity contribution in [3.63, 3.8) is 0 Å². The van der Waals surface area contributed by atoms with E-state index in [1.807, 2.05) is 37.3 Å². The number of aliphatic hydroxyl groups excluding tert-OH is 1. The monoisotopic (exact) mass is 572 g/mol. The van der Waals surface area contributed by atoms with E-state index in [1.165, 1.54) is 18.1 Å². The van der Waals surface area contributed by atoms with Crippen LogP contribution in [0, 0.1) is 6.92 Å². The molecule has 0 spiro atoms. The maximum absolute atomic E-state index is 13.5. The van der Waals surface area contributed by atoms with Gasteiger partial charge in [0.15, 0.2) is 11.5 Å². The molecule has 9 heteroatoms. The van der Waals surface area contributed by atoms with Crippen molar-refractivity contribution >= 4 is 17.4 Å². The van der Waals surface area contributed by atoms with Crippen LogP contribution in [0.3, 0.4) is 0 Å². The minimum absolute atomic E-state index is 0.00327. The van der Waals surface area contributed by atoms with E-state index in [4.69, 9.17) is 14.2 Å². The smallest absolute Gasteiger partial charge is 0.295 e. The van der Waals surface area contributed by atoms with Crippen LogP contribution in [0.5, 0.6) is 17.2 Å². The Morgan fingerprint density at radius 1 is 0.976 bits per heavy atom. The van der Waals surface area contributed by atoms with Gasteiger partial charge in [-0.3, -0.25) is 14.5 Å². The van der Waals surface area contributed by atoms with Crippen LogP contribution >= 0.6 is 0 Å². The zero-order chi connectivity index (χ0) is 29.6. The number of ether oxygens (including phenoxy) is 3. The summed E-state index contributed by atoms with van der Waals surface area (Å²) in [5.41, 5.74) is 2.76. The van der Waals surface area contributed by atoms with Crippen LogP contribution in [0.1, 0.15) is 34.7 Å². The molecule has 2 fully saturated rings. The van der Waals surface area contributed by atoms with E-state index in [9.17, 15) is 19.8 Å². The van der Waals surface area contributed by atoms with Gasteiger partial charge in [-0.15, -0.1) is 0 Å². The highest BCUT2D eigenvalue weighted by molar-refractivity contribution is 6.46. The van der Waals surface area contributed by atoms with E-state index < -0.39 is 17.7 Å². The Hall–Kier alpha value is -4.34. The lowest BCUT2D eigenvalue weighted by Crippen LogP contribution is -2.38. The number of morpholine rings is 1. The highest BCUT2D eigenvalue weighted by Crippen LogP contribution is 2.42. The molecular formula is C33H36N2O7. The first-order valence-corrected chi connectivity index (χ1v) is 14.1. The number of aromatic hydroxyl groups is 1. The molecule has 0 unspecified atom stereocenters. The molecule has 5 rings (SSSR count). The van der Waals surface area contributed by atoms with E-state index in [0.717, 1.165) is 30.8 Å². The van der Waals surface area contributed by atoms with Gasteiger partial charge in [-0.1, -0.05) is 36.4 Å². The van der Waals surface area contributed by atoms with Gasteiger partial charge < -0.3 is 29.3 Å². The van der Waals surface area contributed by atoms with Crippen molar-refractivity contribution in [2.75, 3.05) is 46.5 Å². The number of phenols is 1. The number of hydrogen-bond donors (Lipinski definition) is 2. The van der Waals surface area contributed by atoms with Gasteiger partial charge in [-0.25, -0.2) is 0 Å². The number of methoxy groups -OCH3 is 1. The number of hydrogen-bond acceptors (Lipinski definition) is 8. The van der Waals surface area contributed by atoms with Gasteiger partial charge in [0.25, 0.3) is 11.7 Å². The van der Waals surface area contributed by atoms with Crippen molar-refractivity contribution in [1.82, 2.24) is 9.80 Å². The van der Waals surface area contributed by atoms with Crippen LogP contribution in [0.15, 0.2) is 72.3 Å². The Morgan fingerprint density at radius 3 is 2.45 bits per heavy atom. The first-order chi connectivity index (χ1) is 20.4. The molecule has 1 amide bonds. The Morgan fingerprint density at radius 2 is 1.74 bits per heavy atom. The molecule has 2 N–H and O–H groups in total. The fourth-order valence-electron chi connectivity index (χ4n) is 5.46. The largest absolute Gasteiger partial charge is 0.507 e. The third-order valence-electron chi connectivity index (χ3n) is 7.72. The van der Waals surface area contributed by atoms with Crippen LogP contribution in [0.25, 0.3) is 5.76 Å². The lowest BCUT2D eigenvalue weighted by atomic mass is 9.94. The van der Waals surface area contributed by atoms with Crippen molar-refractivity contribution in [2.24, 2.45) is 0 Å². The predicted molar refractivity (Wildman–Crippen MR) is 157 cm³/mol. The molecule has 0 bridgehead atoms. The van der Waals surface area contributed by atoms with E-state index in [2.05, 4.69) is 4.90 Å². The van der Waals surface area contributed by atoms with Gasteiger partial charge in [0.2, 0.25) is 0 Å². The molecule has 2 aliphatic rings. The quantitative estimate of drug-likeness (QED) is 0.209. The maximum atomic E-state index is 13.5. The third-order valence-corrected chi connectivity index (χ3v) is 7.72. The molecule has 0 aliphatic carbocycles. The number of amides is 1. The van der Waals surface area contributed by atoms with Crippen molar-refractivity contribution in [3.05, 3.63) is 94.6 Å². The molecule has 42 heavy (non-hydrogen) atoms. The van der Waals surface area contributed by atoms with Crippen LogP contribution < -0.4 is 9.47 Å². The molecule has 220 valence electrons. The molecule has 0 aromatic heterocycles. The zero-order valence-corrected chi connectivity index (χ0v) is 23.9. The lowest BCUT2D eigenvalue weighted by Gasteiger charge is -2.29. The van der Waals surface area contributed by atoms with Gasteiger partial charge in [0, 0.05) is 31.7 Å². The minimum Gasteiger partial charge on any atom is -0.507 e.